The van der Waals surface area contributed by atoms with Crippen LogP contribution in [0, 0.1) is 5.41 Å². The summed E-state index contributed by atoms with van der Waals surface area (Å²) in [6, 6.07) is 5.44. The molecule has 1 atom stereocenters. The van der Waals surface area contributed by atoms with Gasteiger partial charge in [0.25, 0.3) is 5.91 Å². The number of nitrogens with one attached hydrogen (secondary N) is 2. The molecule has 1 amide bonds. The molecule has 2 rings (SSSR count). The van der Waals surface area contributed by atoms with E-state index in [2.05, 4.69) is 15.5 Å². The summed E-state index contributed by atoms with van der Waals surface area (Å²) >= 11 is 0. The fraction of sp³-hybridized carbons (Fsp3) is 0.467. The van der Waals surface area contributed by atoms with Gasteiger partial charge in [0.15, 0.2) is 0 Å². The van der Waals surface area contributed by atoms with E-state index in [4.69, 9.17) is 0 Å². The second-order valence-electron chi connectivity index (χ2n) is 6.07. The van der Waals surface area contributed by atoms with Gasteiger partial charge in [-0.05, 0) is 37.0 Å². The molecule has 1 aromatic carbocycles. The summed E-state index contributed by atoms with van der Waals surface area (Å²) in [5, 5.41) is 20.1. The number of nitrogens with zero attached hydrogens (tertiary/aromatic N) is 1. The molecule has 108 valence electrons. The smallest absolute Gasteiger partial charge is 0.251 e. The third kappa shape index (κ3) is 3.57. The monoisotopic (exact) mass is 275 g/mol. The molecule has 0 aliphatic rings. The number of hydrogen-bond donors (Lipinski definition) is 3. The quantitative estimate of drug-likeness (QED) is 0.782. The first-order valence-corrected chi connectivity index (χ1v) is 6.77. The zero-order valence-electron chi connectivity index (χ0n) is 12.1. The van der Waals surface area contributed by atoms with Gasteiger partial charge < -0.3 is 10.4 Å². The van der Waals surface area contributed by atoms with E-state index >= 15 is 0 Å². The number of fused-ring (bicyclic) bond motifs is 1. The van der Waals surface area contributed by atoms with Crippen molar-refractivity contribution in [3.63, 3.8) is 0 Å². The van der Waals surface area contributed by atoms with Crippen molar-refractivity contribution in [1.29, 1.82) is 0 Å². The number of aromatic nitrogens is 2. The van der Waals surface area contributed by atoms with Crippen molar-refractivity contribution in [3.05, 3.63) is 30.0 Å². The van der Waals surface area contributed by atoms with Crippen LogP contribution in [0.2, 0.25) is 0 Å². The molecule has 2 aromatic rings. The van der Waals surface area contributed by atoms with Crippen LogP contribution >= 0.6 is 0 Å². The number of aromatic amines is 1. The van der Waals surface area contributed by atoms with Crippen LogP contribution in [0.3, 0.4) is 0 Å². The lowest BCUT2D eigenvalue weighted by Crippen LogP contribution is -2.35. The molecule has 0 aliphatic carbocycles. The maximum absolute atomic E-state index is 12.1. The lowest BCUT2D eigenvalue weighted by Gasteiger charge is -2.26. The Bertz CT molecular complexity index is 602. The number of aliphatic hydroxyl groups excluding tert-OH is 1. The van der Waals surface area contributed by atoms with E-state index < -0.39 is 0 Å². The minimum atomic E-state index is -0.371. The van der Waals surface area contributed by atoms with E-state index in [1.165, 1.54) is 0 Å². The number of H-pyrrole nitrogens is 1. The third-order valence-corrected chi connectivity index (χ3v) is 3.28. The fourth-order valence-electron chi connectivity index (χ4n) is 2.38. The van der Waals surface area contributed by atoms with Crippen molar-refractivity contribution in [2.45, 2.75) is 33.3 Å². The normalized spacial score (nSPS) is 13.4. The van der Waals surface area contributed by atoms with Crippen LogP contribution in [-0.4, -0.2) is 33.9 Å². The average molecular weight is 275 g/mol. The molecule has 20 heavy (non-hydrogen) atoms. The van der Waals surface area contributed by atoms with Gasteiger partial charge in [0, 0.05) is 17.5 Å². The topological polar surface area (TPSA) is 78.0 Å². The van der Waals surface area contributed by atoms with Gasteiger partial charge in [-0.25, -0.2) is 0 Å². The third-order valence-electron chi connectivity index (χ3n) is 3.28. The minimum absolute atomic E-state index is 0.105. The SMILES string of the molecule is CC(O)CC(C)(C)CNC(=O)c1ccc2[nH]ncc2c1. The van der Waals surface area contributed by atoms with Crippen molar-refractivity contribution >= 4 is 16.8 Å². The molecule has 0 bridgehead atoms. The number of hydrogen-bond acceptors (Lipinski definition) is 3. The first-order valence-electron chi connectivity index (χ1n) is 6.77. The number of amides is 1. The maximum atomic E-state index is 12.1. The molecule has 0 saturated carbocycles. The molecule has 0 fully saturated rings. The largest absolute Gasteiger partial charge is 0.393 e. The average Bonchev–Trinajstić information content (AvgIpc) is 2.81. The molecule has 1 unspecified atom stereocenters. The molecule has 0 radical (unpaired) electrons. The summed E-state index contributed by atoms with van der Waals surface area (Å²) in [5.41, 5.74) is 1.39. The first kappa shape index (κ1) is 14.5. The van der Waals surface area contributed by atoms with E-state index in [0.29, 0.717) is 18.5 Å². The molecule has 1 heterocycles. The Balaban J connectivity index is 2.01. The van der Waals surface area contributed by atoms with E-state index in [1.807, 2.05) is 26.0 Å². The number of rotatable bonds is 5. The number of carbonyl (C=O) groups is 1. The first-order chi connectivity index (χ1) is 9.37. The molecule has 0 saturated heterocycles. The maximum Gasteiger partial charge on any atom is 0.251 e. The van der Waals surface area contributed by atoms with Crippen LogP contribution in [0.1, 0.15) is 37.6 Å². The summed E-state index contributed by atoms with van der Waals surface area (Å²) in [6.45, 7) is 6.34. The Morgan fingerprint density at radius 2 is 2.25 bits per heavy atom. The molecule has 0 spiro atoms. The lowest BCUT2D eigenvalue weighted by molar-refractivity contribution is 0.0902. The molecular formula is C15H21N3O2. The number of aliphatic hydroxyl groups is 1. The van der Waals surface area contributed by atoms with E-state index in [9.17, 15) is 9.90 Å². The summed E-state index contributed by atoms with van der Waals surface area (Å²) in [4.78, 5) is 12.1. The predicted octanol–water partition coefficient (Wildman–Crippen LogP) is 2.09. The van der Waals surface area contributed by atoms with E-state index in [-0.39, 0.29) is 17.4 Å². The van der Waals surface area contributed by atoms with Crippen molar-refractivity contribution in [3.8, 4) is 0 Å². The van der Waals surface area contributed by atoms with Crippen LogP contribution < -0.4 is 5.32 Å². The molecule has 3 N–H and O–H groups in total. The Hall–Kier alpha value is -1.88. The highest BCUT2D eigenvalue weighted by Crippen LogP contribution is 2.21. The predicted molar refractivity (Wildman–Crippen MR) is 78.5 cm³/mol. The van der Waals surface area contributed by atoms with Crippen molar-refractivity contribution < 1.29 is 9.90 Å². The minimum Gasteiger partial charge on any atom is -0.393 e. The van der Waals surface area contributed by atoms with Gasteiger partial charge in [0.2, 0.25) is 0 Å². The molecular weight excluding hydrogens is 254 g/mol. The highest BCUT2D eigenvalue weighted by Gasteiger charge is 2.21. The van der Waals surface area contributed by atoms with Crippen LogP contribution in [-0.2, 0) is 0 Å². The second kappa shape index (κ2) is 5.63. The summed E-state index contributed by atoms with van der Waals surface area (Å²) in [5.74, 6) is -0.105. The van der Waals surface area contributed by atoms with Gasteiger partial charge in [-0.2, -0.15) is 5.10 Å². The second-order valence-corrected chi connectivity index (χ2v) is 6.07. The summed E-state index contributed by atoms with van der Waals surface area (Å²) < 4.78 is 0. The lowest BCUT2D eigenvalue weighted by atomic mass is 9.87. The fourth-order valence-corrected chi connectivity index (χ4v) is 2.38. The van der Waals surface area contributed by atoms with E-state index in [1.54, 1.807) is 19.2 Å². The number of benzene rings is 1. The van der Waals surface area contributed by atoms with Gasteiger partial charge in [-0.15, -0.1) is 0 Å². The zero-order chi connectivity index (χ0) is 14.8. The van der Waals surface area contributed by atoms with Crippen molar-refractivity contribution in [1.82, 2.24) is 15.5 Å². The Kier molecular flexibility index (Phi) is 4.09. The van der Waals surface area contributed by atoms with E-state index in [0.717, 1.165) is 10.9 Å². The Labute approximate surface area is 118 Å². The molecule has 0 aliphatic heterocycles. The summed E-state index contributed by atoms with van der Waals surface area (Å²) in [7, 11) is 0. The Morgan fingerprint density at radius 3 is 2.95 bits per heavy atom. The number of carbonyl (C=O) groups excluding carboxylic acids is 1. The molecule has 1 aromatic heterocycles. The Morgan fingerprint density at radius 1 is 1.50 bits per heavy atom. The van der Waals surface area contributed by atoms with Crippen LogP contribution in [0.5, 0.6) is 0 Å². The highest BCUT2D eigenvalue weighted by molar-refractivity contribution is 5.97. The van der Waals surface area contributed by atoms with Crippen molar-refractivity contribution in [2.75, 3.05) is 6.54 Å². The van der Waals surface area contributed by atoms with Gasteiger partial charge in [-0.3, -0.25) is 9.89 Å². The van der Waals surface area contributed by atoms with Gasteiger partial charge in [0.1, 0.15) is 0 Å². The molecule has 5 heteroatoms. The van der Waals surface area contributed by atoms with Crippen LogP contribution in [0.4, 0.5) is 0 Å². The molecule has 5 nitrogen and oxygen atoms in total. The van der Waals surface area contributed by atoms with Crippen molar-refractivity contribution in [2.24, 2.45) is 5.41 Å². The highest BCUT2D eigenvalue weighted by atomic mass is 16.3. The van der Waals surface area contributed by atoms with Gasteiger partial charge >= 0.3 is 0 Å². The van der Waals surface area contributed by atoms with Crippen LogP contribution in [0.15, 0.2) is 24.4 Å². The van der Waals surface area contributed by atoms with Gasteiger partial charge in [0.05, 0.1) is 17.8 Å². The van der Waals surface area contributed by atoms with Gasteiger partial charge in [-0.1, -0.05) is 13.8 Å². The standard InChI is InChI=1S/C15H21N3O2/c1-10(19)7-15(2,3)9-16-14(20)11-4-5-13-12(6-11)8-17-18-13/h4-6,8,10,19H,7,9H2,1-3H3,(H,16,20)(H,17,18). The zero-order valence-corrected chi connectivity index (χ0v) is 12.1. The van der Waals surface area contributed by atoms with Crippen LogP contribution in [0.25, 0.3) is 10.9 Å². The summed E-state index contributed by atoms with van der Waals surface area (Å²) in [6.07, 6.45) is 1.97.